The van der Waals surface area contributed by atoms with Crippen LogP contribution in [0.2, 0.25) is 0 Å². The molecule has 0 radical (unpaired) electrons. The van der Waals surface area contributed by atoms with Gasteiger partial charge in [0, 0.05) is 30.7 Å². The van der Waals surface area contributed by atoms with E-state index in [1.54, 1.807) is 0 Å². The molecular formula is C25H40N7O19P3S. The van der Waals surface area contributed by atoms with Crippen LogP contribution in [0, 0.1) is 11.3 Å². The van der Waals surface area contributed by atoms with Crippen molar-refractivity contribution < 1.29 is 90.4 Å². The second-order valence-electron chi connectivity index (χ2n) is 12.3. The van der Waals surface area contributed by atoms with Gasteiger partial charge in [-0.25, -0.2) is 28.6 Å². The van der Waals surface area contributed by atoms with Gasteiger partial charge in [-0.3, -0.25) is 37.3 Å². The minimum atomic E-state index is -5.59. The second kappa shape index (κ2) is 19.0. The molecule has 3 heterocycles. The fourth-order valence-corrected chi connectivity index (χ4v) is 8.09. The number of nitrogen functional groups attached to an aromatic ring is 1. The number of carbonyl (C=O) groups excluding carboxylic acids is 3. The maximum absolute atomic E-state index is 12.6. The van der Waals surface area contributed by atoms with Crippen molar-refractivity contribution in [3.8, 4) is 0 Å². The number of thioether (sulfide) groups is 1. The molecule has 0 aliphatic carbocycles. The maximum Gasteiger partial charge on any atom is 0.481 e. The molecule has 30 heteroatoms. The molecule has 3 rings (SSSR count). The van der Waals surface area contributed by atoms with Gasteiger partial charge in [0.15, 0.2) is 17.7 Å². The predicted molar refractivity (Wildman–Crippen MR) is 184 cm³/mol. The van der Waals surface area contributed by atoms with E-state index in [0.29, 0.717) is 0 Å². The Morgan fingerprint density at radius 1 is 1.05 bits per heavy atom. The zero-order valence-corrected chi connectivity index (χ0v) is 32.5. The van der Waals surface area contributed by atoms with E-state index in [4.69, 9.17) is 24.6 Å². The lowest BCUT2D eigenvalue weighted by molar-refractivity contribution is -0.143. The Kier molecular flexibility index (Phi) is 16.0. The summed E-state index contributed by atoms with van der Waals surface area (Å²) in [5.74, 6) is -4.01. The molecule has 2 aromatic heterocycles. The number of nitrogens with one attached hydrogen (secondary N) is 2. The number of nitrogens with zero attached hydrogens (tertiary/aromatic N) is 4. The molecule has 2 amide bonds. The van der Waals surface area contributed by atoms with E-state index in [1.165, 1.54) is 20.8 Å². The number of carboxylic acid groups (broad SMARTS) is 1. The van der Waals surface area contributed by atoms with Crippen LogP contribution >= 0.6 is 35.2 Å². The number of aliphatic hydroxyl groups is 2. The van der Waals surface area contributed by atoms with Gasteiger partial charge in [-0.1, -0.05) is 25.6 Å². The Balaban J connectivity index is 1.50. The lowest BCUT2D eigenvalue weighted by atomic mass is 9.87. The molecule has 2 aromatic rings. The number of ether oxygens (including phenoxy) is 1. The van der Waals surface area contributed by atoms with Crippen LogP contribution in [-0.4, -0.2) is 134 Å². The van der Waals surface area contributed by atoms with Crippen molar-refractivity contribution >= 4 is 75.1 Å². The van der Waals surface area contributed by atoms with Crippen LogP contribution in [0.1, 0.15) is 33.4 Å². The van der Waals surface area contributed by atoms with Gasteiger partial charge in [0.05, 0.1) is 19.5 Å². The number of phosphoric ester groups is 3. The molecule has 7 unspecified atom stereocenters. The van der Waals surface area contributed by atoms with Crippen LogP contribution in [0.25, 0.3) is 11.2 Å². The van der Waals surface area contributed by atoms with E-state index in [9.17, 15) is 62.7 Å². The quantitative estimate of drug-likeness (QED) is 0.0383. The standard InChI is InChI=1S/C25H40N7O19P3S/c1-12(23(37)38)24(39)55-7-6-27-14(33)4-5-28-21(36)18(35)25(2,3)9-48-54(45,46)51-53(43,44)47-8-13-17(50-52(40,41)42)16(34)22(49-13)32-11-31-15-19(26)29-10-30-20(15)32/h10-13,16-18,22,34-35H,4-9H2,1-3H3,(H,27,33)(H,28,36)(H,37,38)(H,43,44)(H,45,46)(H2,26,29,30)(H2,40,41,42)/t12?,13?,16?,17?,18-,22?/m0/s1. The van der Waals surface area contributed by atoms with Crippen LogP contribution in [-0.2, 0) is 55.5 Å². The van der Waals surface area contributed by atoms with Gasteiger partial charge in [0.1, 0.15) is 42.2 Å². The molecule has 0 spiro atoms. The van der Waals surface area contributed by atoms with Gasteiger partial charge in [-0.15, -0.1) is 0 Å². The SMILES string of the molecule is CC(C(=O)O)C(=O)SCCNC(=O)CCNC(=O)[C@H](O)C(C)(C)COP(=O)(O)OP(=O)(O)OCC1OC(n2cnc3c(N)ncnc32)C(O)C1OP(=O)(O)O. The molecule has 1 saturated heterocycles. The molecule has 26 nitrogen and oxygen atoms in total. The average molecular weight is 868 g/mol. The monoisotopic (exact) mass is 867 g/mol. The summed E-state index contributed by atoms with van der Waals surface area (Å²) in [6, 6.07) is 0. The molecular weight excluding hydrogens is 827 g/mol. The van der Waals surface area contributed by atoms with Crippen molar-refractivity contribution in [2.45, 2.75) is 57.8 Å². The number of aliphatic hydroxyl groups excluding tert-OH is 2. The third-order valence-electron chi connectivity index (χ3n) is 7.47. The van der Waals surface area contributed by atoms with E-state index >= 15 is 0 Å². The number of phosphoric acid groups is 3. The average Bonchev–Trinajstić information content (AvgIpc) is 3.64. The number of imidazole rings is 1. The van der Waals surface area contributed by atoms with Gasteiger partial charge in [-0.05, 0) is 6.92 Å². The Morgan fingerprint density at radius 2 is 1.71 bits per heavy atom. The lowest BCUT2D eigenvalue weighted by Crippen LogP contribution is -2.46. The molecule has 55 heavy (non-hydrogen) atoms. The number of anilines is 1. The first-order valence-electron chi connectivity index (χ1n) is 15.6. The first-order valence-corrected chi connectivity index (χ1v) is 21.1. The van der Waals surface area contributed by atoms with Crippen molar-refractivity contribution in [3.05, 3.63) is 12.7 Å². The highest BCUT2D eigenvalue weighted by atomic mass is 32.2. The number of rotatable bonds is 21. The van der Waals surface area contributed by atoms with Gasteiger partial charge in [0.2, 0.25) is 16.9 Å². The molecule has 11 N–H and O–H groups in total. The molecule has 1 aliphatic rings. The van der Waals surface area contributed by atoms with E-state index in [0.717, 1.165) is 29.0 Å². The highest BCUT2D eigenvalue weighted by molar-refractivity contribution is 8.13. The van der Waals surface area contributed by atoms with Gasteiger partial charge < -0.3 is 56.0 Å². The summed E-state index contributed by atoms with van der Waals surface area (Å²) in [4.78, 5) is 97.8. The first-order chi connectivity index (χ1) is 25.3. The summed E-state index contributed by atoms with van der Waals surface area (Å²) in [7, 11) is -16.4. The maximum atomic E-state index is 12.6. The largest absolute Gasteiger partial charge is 0.481 e. The summed E-state index contributed by atoms with van der Waals surface area (Å²) in [6.45, 7) is 1.35. The molecule has 0 aromatic carbocycles. The summed E-state index contributed by atoms with van der Waals surface area (Å²) in [5.41, 5.74) is 4.19. The smallest absolute Gasteiger partial charge is 0.481 e. The van der Waals surface area contributed by atoms with Crippen LogP contribution in [0.5, 0.6) is 0 Å². The van der Waals surface area contributed by atoms with Gasteiger partial charge >= 0.3 is 29.4 Å². The lowest BCUT2D eigenvalue weighted by Gasteiger charge is -2.30. The van der Waals surface area contributed by atoms with E-state index in [2.05, 4.69) is 34.4 Å². The highest BCUT2D eigenvalue weighted by Gasteiger charge is 2.50. The molecule has 0 bridgehead atoms. The Bertz CT molecular complexity index is 1860. The summed E-state index contributed by atoms with van der Waals surface area (Å²) >= 11 is 0.726. The van der Waals surface area contributed by atoms with Gasteiger partial charge in [0.25, 0.3) is 0 Å². The number of amides is 2. The predicted octanol–water partition coefficient (Wildman–Crippen LogP) is -1.61. The number of hydrogen-bond donors (Lipinski definition) is 10. The number of hydrogen-bond acceptors (Lipinski definition) is 19. The summed E-state index contributed by atoms with van der Waals surface area (Å²) in [6.07, 6.45) is -7.13. The fraction of sp³-hybridized carbons (Fsp3) is 0.640. The molecule has 1 fully saturated rings. The van der Waals surface area contributed by atoms with Crippen molar-refractivity contribution in [2.24, 2.45) is 11.3 Å². The summed E-state index contributed by atoms with van der Waals surface area (Å²) in [5, 5.41) is 34.3. The molecule has 1 aliphatic heterocycles. The second-order valence-corrected chi connectivity index (χ2v) is 17.6. The molecule has 310 valence electrons. The van der Waals surface area contributed by atoms with Crippen LogP contribution < -0.4 is 16.4 Å². The van der Waals surface area contributed by atoms with E-state index < -0.39 is 102 Å². The summed E-state index contributed by atoms with van der Waals surface area (Å²) < 4.78 is 61.9. The number of aliphatic carboxylic acids is 1. The molecule has 8 atom stereocenters. The minimum absolute atomic E-state index is 0.0183. The topological polar surface area (TPSA) is 401 Å². The van der Waals surface area contributed by atoms with Crippen molar-refractivity contribution in [2.75, 3.05) is 37.8 Å². The van der Waals surface area contributed by atoms with Crippen LogP contribution in [0.3, 0.4) is 0 Å². The number of aromatic nitrogens is 4. The Hall–Kier alpha value is -2.97. The third kappa shape index (κ3) is 13.6. The highest BCUT2D eigenvalue weighted by Crippen LogP contribution is 2.61. The van der Waals surface area contributed by atoms with Crippen LogP contribution in [0.15, 0.2) is 12.7 Å². The van der Waals surface area contributed by atoms with Gasteiger partial charge in [-0.2, -0.15) is 4.31 Å². The fourth-order valence-electron chi connectivity index (χ4n) is 4.51. The molecule has 0 saturated carbocycles. The van der Waals surface area contributed by atoms with Crippen LogP contribution in [0.4, 0.5) is 5.82 Å². The number of fused-ring (bicyclic) bond motifs is 1. The number of carboxylic acids is 1. The Morgan fingerprint density at radius 3 is 2.35 bits per heavy atom. The number of carbonyl (C=O) groups is 4. The zero-order valence-electron chi connectivity index (χ0n) is 29.0. The first kappa shape index (κ1) is 46.4. The number of nitrogens with two attached hydrogens (primary N) is 1. The van der Waals surface area contributed by atoms with Crippen molar-refractivity contribution in [1.82, 2.24) is 30.2 Å². The zero-order chi connectivity index (χ0) is 41.5. The van der Waals surface area contributed by atoms with E-state index in [-0.39, 0.29) is 42.2 Å². The van der Waals surface area contributed by atoms with Crippen molar-refractivity contribution in [1.29, 1.82) is 0 Å². The normalized spacial score (nSPS) is 22.3. The minimum Gasteiger partial charge on any atom is -0.481 e. The third-order valence-corrected chi connectivity index (χ3v) is 11.6. The van der Waals surface area contributed by atoms with Crippen molar-refractivity contribution in [3.63, 3.8) is 0 Å². The van der Waals surface area contributed by atoms with E-state index in [1.807, 2.05) is 0 Å². The Labute approximate surface area is 314 Å².